The van der Waals surface area contributed by atoms with E-state index in [0.29, 0.717) is 13.0 Å². The molecule has 3 aromatic carbocycles. The number of aromatic nitrogens is 2. The molecule has 0 bridgehead atoms. The summed E-state index contributed by atoms with van der Waals surface area (Å²) in [6.45, 7) is 11.6. The van der Waals surface area contributed by atoms with Crippen molar-refractivity contribution >= 4 is 8.32 Å². The van der Waals surface area contributed by atoms with Gasteiger partial charge in [-0.1, -0.05) is 112 Å². The summed E-state index contributed by atoms with van der Waals surface area (Å²) in [5, 5.41) is 3.94. The Morgan fingerprint density at radius 1 is 0.857 bits per heavy atom. The van der Waals surface area contributed by atoms with Crippen molar-refractivity contribution in [3.05, 3.63) is 141 Å². The summed E-state index contributed by atoms with van der Waals surface area (Å²) < 4.78 is 15.0. The molecular weight excluding hydrogens is 542 g/mol. The van der Waals surface area contributed by atoms with Crippen LogP contribution in [0.5, 0.6) is 0 Å². The molecule has 8 heteroatoms. The smallest absolute Gasteiger partial charge is 0.330 e. The highest BCUT2D eigenvalue weighted by Crippen LogP contribution is 2.42. The molecule has 1 saturated heterocycles. The van der Waals surface area contributed by atoms with Gasteiger partial charge in [0, 0.05) is 25.2 Å². The molecule has 1 aromatic heterocycles. The van der Waals surface area contributed by atoms with E-state index < -0.39 is 31.3 Å². The van der Waals surface area contributed by atoms with Crippen LogP contribution >= 0.6 is 0 Å². The Kier molecular flexibility index (Phi) is 8.53. The quantitative estimate of drug-likeness (QED) is 0.192. The average molecular weight is 584 g/mol. The Morgan fingerprint density at radius 2 is 1.36 bits per heavy atom. The highest BCUT2D eigenvalue weighted by atomic mass is 28.4. The fourth-order valence-corrected chi connectivity index (χ4v) is 6.87. The second kappa shape index (κ2) is 12.0. The standard InChI is InChI=1S/C34H41N3O4Si/c1-33(2,3)42(4,5)41-28-23-31(37-22-21-30(38)36-32(37)39)40-29(28)24-35-34(25-15-9-6-10-16-25,26-17-11-7-12-18-26)27-19-13-8-14-20-27/h6-22,28-29,31,35H,23-24H2,1-5H3,(H,36,38,39)/t28-,29+,31+/m0/s1. The normalized spacial score (nSPS) is 19.6. The van der Waals surface area contributed by atoms with E-state index in [-0.39, 0.29) is 17.2 Å². The van der Waals surface area contributed by atoms with Crippen LogP contribution in [0.25, 0.3) is 0 Å². The monoisotopic (exact) mass is 583 g/mol. The molecule has 0 radical (unpaired) electrons. The summed E-state index contributed by atoms with van der Waals surface area (Å²) in [6, 6.07) is 32.7. The maximum absolute atomic E-state index is 12.7. The minimum atomic E-state index is -2.18. The van der Waals surface area contributed by atoms with Gasteiger partial charge in [0.1, 0.15) is 6.23 Å². The van der Waals surface area contributed by atoms with E-state index in [2.05, 4.69) is 117 Å². The summed E-state index contributed by atoms with van der Waals surface area (Å²) in [7, 11) is -2.18. The van der Waals surface area contributed by atoms with E-state index in [1.165, 1.54) is 16.8 Å². The molecule has 3 atom stereocenters. The zero-order valence-corrected chi connectivity index (χ0v) is 26.0. The molecular formula is C34H41N3O4Si. The van der Waals surface area contributed by atoms with Crippen molar-refractivity contribution in [1.29, 1.82) is 0 Å². The number of aromatic amines is 1. The van der Waals surface area contributed by atoms with E-state index in [1.54, 1.807) is 0 Å². The van der Waals surface area contributed by atoms with Gasteiger partial charge >= 0.3 is 5.69 Å². The zero-order valence-electron chi connectivity index (χ0n) is 25.0. The molecule has 7 nitrogen and oxygen atoms in total. The lowest BCUT2D eigenvalue weighted by molar-refractivity contribution is -0.0193. The van der Waals surface area contributed by atoms with Gasteiger partial charge in [-0.2, -0.15) is 0 Å². The third-order valence-electron chi connectivity index (χ3n) is 8.78. The molecule has 220 valence electrons. The Labute approximate surface area is 248 Å². The molecule has 0 unspecified atom stereocenters. The lowest BCUT2D eigenvalue weighted by Gasteiger charge is -2.41. The molecule has 0 amide bonds. The van der Waals surface area contributed by atoms with Crippen molar-refractivity contribution in [3.8, 4) is 0 Å². The second-order valence-electron chi connectivity index (χ2n) is 12.5. The lowest BCUT2D eigenvalue weighted by atomic mass is 9.77. The number of hydrogen-bond donors (Lipinski definition) is 2. The Balaban J connectivity index is 1.56. The highest BCUT2D eigenvalue weighted by molar-refractivity contribution is 6.74. The van der Waals surface area contributed by atoms with Crippen LogP contribution in [0.2, 0.25) is 18.1 Å². The van der Waals surface area contributed by atoms with Gasteiger partial charge in [0.15, 0.2) is 8.32 Å². The van der Waals surface area contributed by atoms with Gasteiger partial charge in [0.2, 0.25) is 0 Å². The molecule has 1 aliphatic rings. The first kappa shape index (κ1) is 29.9. The third-order valence-corrected chi connectivity index (χ3v) is 13.3. The van der Waals surface area contributed by atoms with Crippen LogP contribution in [-0.4, -0.2) is 36.6 Å². The fourth-order valence-electron chi connectivity index (χ4n) is 5.51. The number of ether oxygens (including phenoxy) is 1. The number of rotatable bonds is 9. The summed E-state index contributed by atoms with van der Waals surface area (Å²) in [4.78, 5) is 26.9. The Hall–Kier alpha value is -3.56. The number of nitrogens with one attached hydrogen (secondary N) is 2. The third kappa shape index (κ3) is 5.98. The molecule has 0 saturated carbocycles. The first-order chi connectivity index (χ1) is 20.0. The van der Waals surface area contributed by atoms with Gasteiger partial charge in [-0.05, 0) is 34.8 Å². The Bertz CT molecular complexity index is 1480. The average Bonchev–Trinajstić information content (AvgIpc) is 3.36. The molecule has 0 spiro atoms. The van der Waals surface area contributed by atoms with Crippen LogP contribution in [0.1, 0.15) is 50.1 Å². The molecule has 42 heavy (non-hydrogen) atoms. The molecule has 1 aliphatic heterocycles. The summed E-state index contributed by atoms with van der Waals surface area (Å²) in [5.74, 6) is 0. The SMILES string of the molecule is CC(C)(C)[Si](C)(C)O[C@H]1C[C@H](n2ccc(=O)[nH]c2=O)O[C@@H]1CNC(c1ccccc1)(c1ccccc1)c1ccccc1. The molecule has 1 fully saturated rings. The van der Waals surface area contributed by atoms with Crippen LogP contribution < -0.4 is 16.6 Å². The molecule has 2 N–H and O–H groups in total. The van der Waals surface area contributed by atoms with Gasteiger partial charge in [0.25, 0.3) is 5.56 Å². The van der Waals surface area contributed by atoms with Crippen molar-refractivity contribution in [1.82, 2.24) is 14.9 Å². The number of nitrogens with zero attached hydrogens (tertiary/aromatic N) is 1. The summed E-state index contributed by atoms with van der Waals surface area (Å²) >= 11 is 0. The van der Waals surface area contributed by atoms with Gasteiger partial charge < -0.3 is 9.16 Å². The van der Waals surface area contributed by atoms with Gasteiger partial charge in [-0.25, -0.2) is 4.79 Å². The predicted octanol–water partition coefficient (Wildman–Crippen LogP) is 5.80. The van der Waals surface area contributed by atoms with Crippen molar-refractivity contribution < 1.29 is 9.16 Å². The van der Waals surface area contributed by atoms with Crippen LogP contribution in [0.15, 0.2) is 113 Å². The van der Waals surface area contributed by atoms with Crippen LogP contribution in [0.4, 0.5) is 0 Å². The van der Waals surface area contributed by atoms with Crippen LogP contribution in [-0.2, 0) is 14.7 Å². The molecule has 5 rings (SSSR count). The van der Waals surface area contributed by atoms with E-state index >= 15 is 0 Å². The summed E-state index contributed by atoms with van der Waals surface area (Å²) in [5.41, 5.74) is 1.74. The number of benzene rings is 3. The lowest BCUT2D eigenvalue weighted by Crippen LogP contribution is -2.51. The van der Waals surface area contributed by atoms with E-state index in [4.69, 9.17) is 9.16 Å². The maximum atomic E-state index is 12.7. The van der Waals surface area contributed by atoms with Gasteiger partial charge in [-0.15, -0.1) is 0 Å². The molecule has 2 heterocycles. The van der Waals surface area contributed by atoms with Crippen molar-refractivity contribution in [3.63, 3.8) is 0 Å². The van der Waals surface area contributed by atoms with E-state index in [1.807, 2.05) is 18.2 Å². The number of H-pyrrole nitrogens is 1. The van der Waals surface area contributed by atoms with Crippen molar-refractivity contribution in [2.75, 3.05) is 6.54 Å². The largest absolute Gasteiger partial charge is 0.411 e. The first-order valence-electron chi connectivity index (χ1n) is 14.6. The van der Waals surface area contributed by atoms with Crippen LogP contribution in [0.3, 0.4) is 0 Å². The topological polar surface area (TPSA) is 85.4 Å². The second-order valence-corrected chi connectivity index (χ2v) is 17.3. The van der Waals surface area contributed by atoms with Crippen molar-refractivity contribution in [2.24, 2.45) is 0 Å². The zero-order chi connectivity index (χ0) is 30.0. The maximum Gasteiger partial charge on any atom is 0.330 e. The minimum Gasteiger partial charge on any atom is -0.411 e. The minimum absolute atomic E-state index is 0.000238. The van der Waals surface area contributed by atoms with E-state index in [0.717, 1.165) is 16.7 Å². The van der Waals surface area contributed by atoms with Crippen molar-refractivity contribution in [2.45, 2.75) is 69.3 Å². The highest BCUT2D eigenvalue weighted by Gasteiger charge is 2.46. The van der Waals surface area contributed by atoms with Gasteiger partial charge in [0.05, 0.1) is 17.7 Å². The predicted molar refractivity (Wildman–Crippen MR) is 169 cm³/mol. The first-order valence-corrected chi connectivity index (χ1v) is 17.5. The number of hydrogen-bond acceptors (Lipinski definition) is 5. The van der Waals surface area contributed by atoms with Gasteiger partial charge in [-0.3, -0.25) is 19.7 Å². The molecule has 4 aromatic rings. The summed E-state index contributed by atoms with van der Waals surface area (Å²) in [6.07, 6.45) is 0.851. The van der Waals surface area contributed by atoms with Crippen LogP contribution in [0, 0.1) is 0 Å². The fraction of sp³-hybridized carbons (Fsp3) is 0.353. The Morgan fingerprint density at radius 3 is 1.81 bits per heavy atom. The van der Waals surface area contributed by atoms with E-state index in [9.17, 15) is 9.59 Å². The molecule has 0 aliphatic carbocycles.